The molecule has 2 spiro atoms. The molecule has 0 bridgehead atoms. The lowest BCUT2D eigenvalue weighted by atomic mass is 9.85. The Labute approximate surface area is 145 Å². The third-order valence-electron chi connectivity index (χ3n) is 5.53. The third-order valence-corrected chi connectivity index (χ3v) is 5.53. The van der Waals surface area contributed by atoms with Crippen LogP contribution in [0.15, 0.2) is 48.5 Å². The molecule has 3 aliphatic heterocycles. The average molecular weight is 341 g/mol. The van der Waals surface area contributed by atoms with Crippen molar-refractivity contribution in [2.75, 3.05) is 19.8 Å². The second-order valence-corrected chi connectivity index (χ2v) is 7.00. The van der Waals surface area contributed by atoms with Gasteiger partial charge in [-0.15, -0.1) is 0 Å². The van der Waals surface area contributed by atoms with Gasteiger partial charge in [-0.1, -0.05) is 36.4 Å². The van der Waals surface area contributed by atoms with E-state index in [1.54, 1.807) is 12.1 Å². The maximum absolute atomic E-state index is 13.3. The second-order valence-electron chi connectivity index (χ2n) is 7.00. The van der Waals surface area contributed by atoms with Crippen molar-refractivity contribution < 1.29 is 18.6 Å². The molecule has 0 aromatic heterocycles. The predicted molar refractivity (Wildman–Crippen MR) is 89.3 cm³/mol. The van der Waals surface area contributed by atoms with Crippen molar-refractivity contribution in [3.05, 3.63) is 71.0 Å². The Kier molecular flexibility index (Phi) is 3.47. The Morgan fingerprint density at radius 1 is 1.00 bits per heavy atom. The van der Waals surface area contributed by atoms with Gasteiger partial charge in [0.15, 0.2) is 5.79 Å². The summed E-state index contributed by atoms with van der Waals surface area (Å²) < 4.78 is 32.0. The molecule has 0 saturated carbocycles. The molecule has 0 amide bonds. The van der Waals surface area contributed by atoms with Crippen LogP contribution < -0.4 is 5.32 Å². The molecule has 2 aromatic rings. The number of benzene rings is 2. The molecular formula is C20H20FNO3. The molecule has 0 aliphatic carbocycles. The van der Waals surface area contributed by atoms with E-state index >= 15 is 0 Å². The zero-order valence-corrected chi connectivity index (χ0v) is 13.8. The van der Waals surface area contributed by atoms with E-state index in [-0.39, 0.29) is 11.9 Å². The van der Waals surface area contributed by atoms with E-state index in [1.807, 2.05) is 12.1 Å². The van der Waals surface area contributed by atoms with Crippen LogP contribution in [0.4, 0.5) is 4.39 Å². The van der Waals surface area contributed by atoms with Crippen LogP contribution in [0.3, 0.4) is 0 Å². The van der Waals surface area contributed by atoms with Crippen molar-refractivity contribution in [1.29, 1.82) is 0 Å². The summed E-state index contributed by atoms with van der Waals surface area (Å²) in [7, 11) is 0. The average Bonchev–Trinajstić information content (AvgIpc) is 3.19. The fourth-order valence-corrected chi connectivity index (χ4v) is 4.36. The lowest BCUT2D eigenvalue weighted by molar-refractivity contribution is -0.245. The summed E-state index contributed by atoms with van der Waals surface area (Å²) in [5, 5.41) is 3.49. The minimum Gasteiger partial charge on any atom is -0.363 e. The van der Waals surface area contributed by atoms with Crippen LogP contribution in [0.1, 0.15) is 29.2 Å². The van der Waals surface area contributed by atoms with Crippen LogP contribution in [-0.2, 0) is 26.4 Å². The van der Waals surface area contributed by atoms with Gasteiger partial charge in [0.1, 0.15) is 11.4 Å². The maximum Gasteiger partial charge on any atom is 0.191 e. The highest BCUT2D eigenvalue weighted by Crippen LogP contribution is 2.52. The van der Waals surface area contributed by atoms with Gasteiger partial charge in [0.2, 0.25) is 0 Å². The number of hydrogen-bond donors (Lipinski definition) is 1. The number of ether oxygens (including phenoxy) is 3. The summed E-state index contributed by atoms with van der Waals surface area (Å²) in [6.45, 7) is 2.38. The molecule has 3 unspecified atom stereocenters. The molecule has 4 nitrogen and oxygen atoms in total. The molecule has 1 N–H and O–H groups in total. The summed E-state index contributed by atoms with van der Waals surface area (Å²) in [5.41, 5.74) is 2.90. The van der Waals surface area contributed by atoms with Crippen LogP contribution >= 0.6 is 0 Å². The normalized spacial score (nSPS) is 33.9. The van der Waals surface area contributed by atoms with Crippen molar-refractivity contribution in [3.8, 4) is 0 Å². The SMILES string of the molecule is Fc1ccc(C2NCCOC23CC2(CO3)OCc3ccccc32)cc1. The van der Waals surface area contributed by atoms with Gasteiger partial charge in [-0.25, -0.2) is 4.39 Å². The van der Waals surface area contributed by atoms with Gasteiger partial charge in [0, 0.05) is 13.0 Å². The molecule has 130 valence electrons. The van der Waals surface area contributed by atoms with Crippen molar-refractivity contribution in [3.63, 3.8) is 0 Å². The van der Waals surface area contributed by atoms with Crippen molar-refractivity contribution >= 4 is 0 Å². The van der Waals surface area contributed by atoms with E-state index in [2.05, 4.69) is 17.4 Å². The summed E-state index contributed by atoms with van der Waals surface area (Å²) in [6.07, 6.45) is 0.617. The molecular weight excluding hydrogens is 321 g/mol. The second kappa shape index (κ2) is 5.61. The first kappa shape index (κ1) is 15.5. The van der Waals surface area contributed by atoms with Gasteiger partial charge < -0.3 is 19.5 Å². The molecule has 5 rings (SSSR count). The van der Waals surface area contributed by atoms with Crippen molar-refractivity contribution in [1.82, 2.24) is 5.32 Å². The summed E-state index contributed by atoms with van der Waals surface area (Å²) in [5.74, 6) is -1.04. The van der Waals surface area contributed by atoms with E-state index in [0.717, 1.165) is 12.1 Å². The number of halogens is 1. The Balaban J connectivity index is 1.51. The lowest BCUT2D eigenvalue weighted by Gasteiger charge is -2.41. The first-order valence-corrected chi connectivity index (χ1v) is 8.70. The van der Waals surface area contributed by atoms with Crippen LogP contribution in [0, 0.1) is 5.82 Å². The monoisotopic (exact) mass is 341 g/mol. The zero-order chi connectivity index (χ0) is 16.9. The molecule has 0 radical (unpaired) electrons. The van der Waals surface area contributed by atoms with Crippen LogP contribution in [0.5, 0.6) is 0 Å². The highest BCUT2D eigenvalue weighted by Gasteiger charge is 2.59. The van der Waals surface area contributed by atoms with E-state index in [1.165, 1.54) is 23.3 Å². The number of rotatable bonds is 1. The molecule has 2 fully saturated rings. The van der Waals surface area contributed by atoms with E-state index in [4.69, 9.17) is 14.2 Å². The molecule has 5 heteroatoms. The molecule has 2 saturated heterocycles. The van der Waals surface area contributed by atoms with Crippen LogP contribution in [0.25, 0.3) is 0 Å². The smallest absolute Gasteiger partial charge is 0.191 e. The first-order chi connectivity index (χ1) is 12.2. The Hall–Kier alpha value is -1.79. The Morgan fingerprint density at radius 3 is 2.72 bits per heavy atom. The summed E-state index contributed by atoms with van der Waals surface area (Å²) in [6, 6.07) is 14.7. The van der Waals surface area contributed by atoms with Gasteiger partial charge in [-0.05, 0) is 28.8 Å². The number of fused-ring (bicyclic) bond motifs is 2. The quantitative estimate of drug-likeness (QED) is 0.865. The topological polar surface area (TPSA) is 39.7 Å². The summed E-state index contributed by atoms with van der Waals surface area (Å²) >= 11 is 0. The Bertz CT molecular complexity index is 796. The highest BCUT2D eigenvalue weighted by molar-refractivity contribution is 5.37. The van der Waals surface area contributed by atoms with Crippen LogP contribution in [-0.4, -0.2) is 25.5 Å². The van der Waals surface area contributed by atoms with Gasteiger partial charge in [-0.3, -0.25) is 0 Å². The highest BCUT2D eigenvalue weighted by atomic mass is 19.1. The third kappa shape index (κ3) is 2.34. The molecule has 3 heterocycles. The fraction of sp³-hybridized carbons (Fsp3) is 0.400. The van der Waals surface area contributed by atoms with E-state index in [0.29, 0.717) is 26.2 Å². The van der Waals surface area contributed by atoms with Crippen LogP contribution in [0.2, 0.25) is 0 Å². The summed E-state index contributed by atoms with van der Waals surface area (Å²) in [4.78, 5) is 0. The minimum absolute atomic E-state index is 0.155. The van der Waals surface area contributed by atoms with Crippen molar-refractivity contribution in [2.45, 2.75) is 30.5 Å². The number of morpholine rings is 1. The van der Waals surface area contributed by atoms with Gasteiger partial charge in [0.05, 0.1) is 25.9 Å². The lowest BCUT2D eigenvalue weighted by Crippen LogP contribution is -2.52. The molecule has 25 heavy (non-hydrogen) atoms. The molecule has 3 atom stereocenters. The fourth-order valence-electron chi connectivity index (χ4n) is 4.36. The molecule has 2 aromatic carbocycles. The van der Waals surface area contributed by atoms with Gasteiger partial charge in [0.25, 0.3) is 0 Å². The predicted octanol–water partition coefficient (Wildman–Crippen LogP) is 3.03. The van der Waals surface area contributed by atoms with Crippen molar-refractivity contribution in [2.24, 2.45) is 0 Å². The number of nitrogens with one attached hydrogen (secondary N) is 1. The zero-order valence-electron chi connectivity index (χ0n) is 13.8. The Morgan fingerprint density at radius 2 is 1.84 bits per heavy atom. The van der Waals surface area contributed by atoms with E-state index < -0.39 is 11.4 Å². The first-order valence-electron chi connectivity index (χ1n) is 8.70. The standard InChI is InChI=1S/C20H20FNO3/c21-16-7-5-14(6-8-16)18-20(23-10-9-22-18)12-19(13-25-20)17-4-2-1-3-15(17)11-24-19/h1-8,18,22H,9-13H2. The molecule has 3 aliphatic rings. The van der Waals surface area contributed by atoms with E-state index in [9.17, 15) is 4.39 Å². The van der Waals surface area contributed by atoms with Gasteiger partial charge >= 0.3 is 0 Å². The largest absolute Gasteiger partial charge is 0.363 e. The number of hydrogen-bond acceptors (Lipinski definition) is 4. The minimum atomic E-state index is -0.798. The van der Waals surface area contributed by atoms with Gasteiger partial charge in [-0.2, -0.15) is 0 Å². The maximum atomic E-state index is 13.3.